The maximum absolute atomic E-state index is 9.53. The van der Waals surface area contributed by atoms with Crippen LogP contribution in [-0.4, -0.2) is 35.2 Å². The van der Waals surface area contributed by atoms with Crippen LogP contribution >= 0.6 is 0 Å². The summed E-state index contributed by atoms with van der Waals surface area (Å²) < 4.78 is 0. The summed E-state index contributed by atoms with van der Waals surface area (Å²) in [6, 6.07) is 1.17. The highest BCUT2D eigenvalue weighted by Crippen LogP contribution is 2.33. The van der Waals surface area contributed by atoms with Gasteiger partial charge in [-0.15, -0.1) is 0 Å². The second kappa shape index (κ2) is 2.21. The van der Waals surface area contributed by atoms with E-state index in [1.165, 1.54) is 19.3 Å². The van der Waals surface area contributed by atoms with Crippen LogP contribution in [0.3, 0.4) is 0 Å². The molecule has 0 aromatic rings. The fraction of sp³-hybridized carbons (Fsp3) is 1.00. The Morgan fingerprint density at radius 3 is 2.80 bits per heavy atom. The molecule has 2 rings (SSSR count). The van der Waals surface area contributed by atoms with E-state index in [1.54, 1.807) is 0 Å². The number of aliphatic hydroxyl groups is 1. The van der Waals surface area contributed by atoms with Crippen molar-refractivity contribution in [3.63, 3.8) is 0 Å². The topological polar surface area (TPSA) is 23.5 Å². The second-order valence-electron chi connectivity index (χ2n) is 3.62. The van der Waals surface area contributed by atoms with Crippen LogP contribution in [0.4, 0.5) is 0 Å². The molecule has 2 fully saturated rings. The lowest BCUT2D eigenvalue weighted by Gasteiger charge is -2.30. The predicted octanol–water partition coefficient (Wildman–Crippen LogP) is 0.604. The zero-order valence-electron chi connectivity index (χ0n) is 6.45. The van der Waals surface area contributed by atoms with Crippen molar-refractivity contribution in [3.05, 3.63) is 0 Å². The number of hydrogen-bond acceptors (Lipinski definition) is 2. The van der Waals surface area contributed by atoms with Crippen molar-refractivity contribution >= 4 is 0 Å². The molecule has 0 radical (unpaired) electrons. The maximum atomic E-state index is 9.53. The highest BCUT2D eigenvalue weighted by molar-refractivity contribution is 4.95. The van der Waals surface area contributed by atoms with E-state index in [0.717, 1.165) is 6.42 Å². The molecule has 3 atom stereocenters. The average molecular weight is 141 g/mol. The van der Waals surface area contributed by atoms with Crippen molar-refractivity contribution in [3.8, 4) is 0 Å². The van der Waals surface area contributed by atoms with Crippen molar-refractivity contribution in [2.24, 2.45) is 0 Å². The van der Waals surface area contributed by atoms with Crippen LogP contribution in [-0.2, 0) is 0 Å². The van der Waals surface area contributed by atoms with Crippen LogP contribution in [0.5, 0.6) is 0 Å². The molecule has 58 valence electrons. The Morgan fingerprint density at radius 1 is 1.40 bits per heavy atom. The van der Waals surface area contributed by atoms with Crippen molar-refractivity contribution in [1.82, 2.24) is 4.90 Å². The molecule has 0 saturated carbocycles. The summed E-state index contributed by atoms with van der Waals surface area (Å²) in [5.41, 5.74) is 0. The minimum absolute atomic E-state index is 0.0301. The Balaban J connectivity index is 2.14. The monoisotopic (exact) mass is 141 g/mol. The average Bonchev–Trinajstić information content (AvgIpc) is 2.16. The number of hydrogen-bond donors (Lipinski definition) is 1. The molecule has 2 bridgehead atoms. The van der Waals surface area contributed by atoms with Gasteiger partial charge in [0.1, 0.15) is 0 Å². The lowest BCUT2D eigenvalue weighted by Crippen LogP contribution is -2.38. The van der Waals surface area contributed by atoms with Gasteiger partial charge in [0.05, 0.1) is 6.10 Å². The van der Waals surface area contributed by atoms with Gasteiger partial charge in [-0.3, -0.25) is 4.90 Å². The first-order valence-electron chi connectivity index (χ1n) is 4.19. The first-order valence-corrected chi connectivity index (χ1v) is 4.19. The number of nitrogens with zero attached hydrogens (tertiary/aromatic N) is 1. The lowest BCUT2D eigenvalue weighted by molar-refractivity contribution is 0.103. The van der Waals surface area contributed by atoms with Crippen molar-refractivity contribution in [2.45, 2.75) is 43.9 Å². The van der Waals surface area contributed by atoms with Gasteiger partial charge < -0.3 is 5.11 Å². The highest BCUT2D eigenvalue weighted by atomic mass is 16.3. The summed E-state index contributed by atoms with van der Waals surface area (Å²) in [7, 11) is 2.14. The van der Waals surface area contributed by atoms with Crippen LogP contribution in [0.1, 0.15) is 25.7 Å². The van der Waals surface area contributed by atoms with Gasteiger partial charge in [-0.25, -0.2) is 0 Å². The van der Waals surface area contributed by atoms with Crippen LogP contribution < -0.4 is 0 Å². The number of aliphatic hydroxyl groups excluding tert-OH is 1. The standard InChI is InChI=1S/C8H15NO/c1-9-6-3-2-4-7(9)8(10)5-6/h6-8,10H,2-5H2,1H3. The van der Waals surface area contributed by atoms with Gasteiger partial charge in [-0.1, -0.05) is 6.42 Å². The molecule has 2 aliphatic rings. The molecule has 2 heterocycles. The first-order chi connectivity index (χ1) is 4.79. The lowest BCUT2D eigenvalue weighted by atomic mass is 10.0. The zero-order chi connectivity index (χ0) is 7.14. The Kier molecular flexibility index (Phi) is 1.46. The number of likely N-dealkylation sites (N-methyl/N-ethyl adjacent to an activating group) is 1. The maximum Gasteiger partial charge on any atom is 0.0710 e. The number of rotatable bonds is 0. The zero-order valence-corrected chi connectivity index (χ0v) is 6.45. The van der Waals surface area contributed by atoms with E-state index in [1.807, 2.05) is 0 Å². The first kappa shape index (κ1) is 6.62. The smallest absolute Gasteiger partial charge is 0.0710 e. The molecule has 0 aromatic heterocycles. The van der Waals surface area contributed by atoms with Crippen molar-refractivity contribution in [2.75, 3.05) is 7.05 Å². The van der Waals surface area contributed by atoms with Crippen LogP contribution in [0.2, 0.25) is 0 Å². The fourth-order valence-corrected chi connectivity index (χ4v) is 2.42. The van der Waals surface area contributed by atoms with Gasteiger partial charge in [-0.2, -0.15) is 0 Å². The largest absolute Gasteiger partial charge is 0.391 e. The van der Waals surface area contributed by atoms with Crippen molar-refractivity contribution in [1.29, 1.82) is 0 Å². The third-order valence-corrected chi connectivity index (χ3v) is 3.09. The molecule has 0 amide bonds. The summed E-state index contributed by atoms with van der Waals surface area (Å²) in [4.78, 5) is 2.36. The van der Waals surface area contributed by atoms with Crippen LogP contribution in [0.25, 0.3) is 0 Å². The van der Waals surface area contributed by atoms with Crippen molar-refractivity contribution < 1.29 is 5.11 Å². The molecule has 0 spiro atoms. The van der Waals surface area contributed by atoms with Gasteiger partial charge in [0.15, 0.2) is 0 Å². The Morgan fingerprint density at radius 2 is 2.20 bits per heavy atom. The van der Waals surface area contributed by atoms with Crippen LogP contribution in [0.15, 0.2) is 0 Å². The Hall–Kier alpha value is -0.0800. The predicted molar refractivity (Wildman–Crippen MR) is 39.8 cm³/mol. The second-order valence-corrected chi connectivity index (χ2v) is 3.62. The summed E-state index contributed by atoms with van der Waals surface area (Å²) in [6.45, 7) is 0. The molecule has 3 unspecified atom stereocenters. The summed E-state index contributed by atoms with van der Waals surface area (Å²) in [5, 5.41) is 9.53. The molecule has 0 aliphatic carbocycles. The molecular weight excluding hydrogens is 126 g/mol. The quantitative estimate of drug-likeness (QED) is 0.534. The molecule has 2 aliphatic heterocycles. The Bertz CT molecular complexity index is 137. The van der Waals surface area contributed by atoms with E-state index in [9.17, 15) is 5.11 Å². The summed E-state index contributed by atoms with van der Waals surface area (Å²) in [6.07, 6.45) is 4.80. The minimum atomic E-state index is -0.0301. The van der Waals surface area contributed by atoms with Gasteiger partial charge >= 0.3 is 0 Å². The highest BCUT2D eigenvalue weighted by Gasteiger charge is 2.40. The normalized spacial score (nSPS) is 48.0. The SMILES string of the molecule is CN1C2CCCC1C(O)C2. The number of piperidine rings is 1. The number of fused-ring (bicyclic) bond motifs is 2. The fourth-order valence-electron chi connectivity index (χ4n) is 2.42. The summed E-state index contributed by atoms with van der Waals surface area (Å²) in [5.74, 6) is 0. The van der Waals surface area contributed by atoms with Gasteiger partial charge in [0.2, 0.25) is 0 Å². The van der Waals surface area contributed by atoms with Gasteiger partial charge in [0, 0.05) is 12.1 Å². The molecule has 2 saturated heterocycles. The van der Waals surface area contributed by atoms with Gasteiger partial charge in [-0.05, 0) is 26.3 Å². The molecule has 1 N–H and O–H groups in total. The van der Waals surface area contributed by atoms with E-state index in [-0.39, 0.29) is 6.10 Å². The van der Waals surface area contributed by atoms with E-state index in [2.05, 4.69) is 11.9 Å². The van der Waals surface area contributed by atoms with E-state index < -0.39 is 0 Å². The molecule has 2 heteroatoms. The van der Waals surface area contributed by atoms with E-state index in [4.69, 9.17) is 0 Å². The molecular formula is C8H15NO. The molecule has 10 heavy (non-hydrogen) atoms. The van der Waals surface area contributed by atoms with E-state index in [0.29, 0.717) is 12.1 Å². The van der Waals surface area contributed by atoms with Crippen LogP contribution in [0, 0.1) is 0 Å². The molecule has 0 aromatic carbocycles. The van der Waals surface area contributed by atoms with Gasteiger partial charge in [0.25, 0.3) is 0 Å². The Labute approximate surface area is 61.8 Å². The third-order valence-electron chi connectivity index (χ3n) is 3.09. The molecule has 2 nitrogen and oxygen atoms in total. The van der Waals surface area contributed by atoms with E-state index >= 15 is 0 Å². The third kappa shape index (κ3) is 0.789. The minimum Gasteiger partial charge on any atom is -0.391 e. The summed E-state index contributed by atoms with van der Waals surface area (Å²) >= 11 is 0.